The van der Waals surface area contributed by atoms with Crippen molar-refractivity contribution in [3.8, 4) is 79.4 Å². The summed E-state index contributed by atoms with van der Waals surface area (Å²) in [7, 11) is 0. The molecule has 0 fully saturated rings. The second-order valence-electron chi connectivity index (χ2n) is 14.8. The quantitative estimate of drug-likeness (QED) is 0.170. The fraction of sp³-hybridized carbons (Fsp3) is 0.0600. The van der Waals surface area contributed by atoms with Gasteiger partial charge in [0.1, 0.15) is 0 Å². The van der Waals surface area contributed by atoms with Gasteiger partial charge < -0.3 is 9.47 Å². The average molecular weight is 708 g/mol. The van der Waals surface area contributed by atoms with Crippen molar-refractivity contribution in [2.24, 2.45) is 0 Å². The zero-order chi connectivity index (χ0) is 36.7. The number of aromatic nitrogens is 3. The molecule has 2 aliphatic rings. The van der Waals surface area contributed by atoms with Crippen LogP contribution in [-0.4, -0.2) is 15.0 Å². The van der Waals surface area contributed by atoms with Crippen LogP contribution in [0.1, 0.15) is 25.0 Å². The van der Waals surface area contributed by atoms with Crippen molar-refractivity contribution in [1.82, 2.24) is 15.0 Å². The molecule has 5 heteroatoms. The van der Waals surface area contributed by atoms with Gasteiger partial charge in [0.25, 0.3) is 0 Å². The van der Waals surface area contributed by atoms with Gasteiger partial charge in [0, 0.05) is 27.7 Å². The van der Waals surface area contributed by atoms with E-state index in [1.165, 1.54) is 38.4 Å². The van der Waals surface area contributed by atoms with E-state index in [0.29, 0.717) is 29.0 Å². The average Bonchev–Trinajstić information content (AvgIpc) is 3.46. The van der Waals surface area contributed by atoms with Crippen molar-refractivity contribution in [2.75, 3.05) is 0 Å². The monoisotopic (exact) mass is 707 g/mol. The summed E-state index contributed by atoms with van der Waals surface area (Å²) in [6, 6.07) is 56.7. The first-order chi connectivity index (χ1) is 27.0. The van der Waals surface area contributed by atoms with Crippen molar-refractivity contribution >= 4 is 21.5 Å². The Morgan fingerprint density at radius 2 is 1.00 bits per heavy atom. The molecule has 0 saturated heterocycles. The third kappa shape index (κ3) is 5.04. The van der Waals surface area contributed by atoms with E-state index in [0.717, 1.165) is 44.7 Å². The Bertz CT molecular complexity index is 3010. The molecule has 5 nitrogen and oxygen atoms in total. The normalized spacial score (nSPS) is 13.3. The van der Waals surface area contributed by atoms with Crippen LogP contribution in [0.2, 0.25) is 0 Å². The van der Waals surface area contributed by atoms with Crippen LogP contribution in [0.25, 0.3) is 78.0 Å². The third-order valence-electron chi connectivity index (χ3n) is 11.2. The Labute approximate surface area is 318 Å². The van der Waals surface area contributed by atoms with Gasteiger partial charge in [-0.2, -0.15) is 0 Å². The molecule has 0 amide bonds. The topological polar surface area (TPSA) is 57.1 Å². The fourth-order valence-corrected chi connectivity index (χ4v) is 8.33. The highest BCUT2D eigenvalue weighted by Gasteiger charge is 2.37. The highest BCUT2D eigenvalue weighted by Crippen LogP contribution is 2.56. The summed E-state index contributed by atoms with van der Waals surface area (Å²) in [5.74, 6) is 4.71. The van der Waals surface area contributed by atoms with Crippen LogP contribution in [0.4, 0.5) is 0 Å². The van der Waals surface area contributed by atoms with Gasteiger partial charge in [-0.3, -0.25) is 0 Å². The summed E-state index contributed by atoms with van der Waals surface area (Å²) in [6.07, 6.45) is 0. The minimum atomic E-state index is -0.125. The van der Waals surface area contributed by atoms with Crippen LogP contribution in [0.15, 0.2) is 164 Å². The molecular formula is C50H33N3O2. The smallest absolute Gasteiger partial charge is 0.177 e. The number of nitrogens with zero attached hydrogens (tertiary/aromatic N) is 3. The summed E-state index contributed by atoms with van der Waals surface area (Å²) in [5, 5.41) is 4.79. The van der Waals surface area contributed by atoms with Gasteiger partial charge in [0.15, 0.2) is 40.5 Å². The highest BCUT2D eigenvalue weighted by atomic mass is 16.6. The standard InChI is InChI=1S/C50H33N3O2/c1-50(2)41-17-9-8-15-39(41)40-28-44-45(29-42(40)50)54-43-18-10-16-38(46(43)55-44)31-19-22-33(23-20-31)48-51-47(32-12-4-3-5-13-32)52-49(53-48)35-25-26-37-34(27-35)24-21-30-11-6-7-14-36(30)37/h3-29H,1-2H3. The van der Waals surface area contributed by atoms with Crippen molar-refractivity contribution in [3.05, 3.63) is 175 Å². The van der Waals surface area contributed by atoms with Crippen LogP contribution >= 0.6 is 0 Å². The van der Waals surface area contributed by atoms with Gasteiger partial charge in [0.2, 0.25) is 0 Å². The lowest BCUT2D eigenvalue weighted by Crippen LogP contribution is -2.15. The number of benzene rings is 8. The largest absolute Gasteiger partial charge is 0.449 e. The predicted molar refractivity (Wildman–Crippen MR) is 221 cm³/mol. The number of ether oxygens (including phenoxy) is 2. The SMILES string of the molecule is CC1(C)c2ccccc2-c2cc3c(cc21)Oc1cccc(-c2ccc(-c4nc(-c5ccccc5)nc(-c5ccc6c(ccc7ccccc76)c5)n4)cc2)c1O3. The zero-order valence-electron chi connectivity index (χ0n) is 30.2. The molecule has 0 atom stereocenters. The van der Waals surface area contributed by atoms with Gasteiger partial charge in [-0.15, -0.1) is 0 Å². The first-order valence-corrected chi connectivity index (χ1v) is 18.6. The molecule has 11 rings (SSSR count). The van der Waals surface area contributed by atoms with Crippen LogP contribution in [0.5, 0.6) is 23.0 Å². The molecule has 0 unspecified atom stereocenters. The van der Waals surface area contributed by atoms with Crippen molar-refractivity contribution in [1.29, 1.82) is 0 Å². The molecule has 1 aromatic heterocycles. The summed E-state index contributed by atoms with van der Waals surface area (Å²) in [6.45, 7) is 4.54. The maximum absolute atomic E-state index is 6.71. The maximum Gasteiger partial charge on any atom is 0.177 e. The Kier molecular flexibility index (Phi) is 6.83. The molecular weight excluding hydrogens is 675 g/mol. The lowest BCUT2D eigenvalue weighted by atomic mass is 9.82. The lowest BCUT2D eigenvalue weighted by molar-refractivity contribution is 0.360. The first-order valence-electron chi connectivity index (χ1n) is 18.6. The summed E-state index contributed by atoms with van der Waals surface area (Å²) >= 11 is 0. The molecule has 0 radical (unpaired) electrons. The Morgan fingerprint density at radius 3 is 1.84 bits per heavy atom. The number of hydrogen-bond donors (Lipinski definition) is 0. The second-order valence-corrected chi connectivity index (χ2v) is 14.8. The second kappa shape index (κ2) is 12.0. The third-order valence-corrected chi connectivity index (χ3v) is 11.2. The van der Waals surface area contributed by atoms with Crippen molar-refractivity contribution in [3.63, 3.8) is 0 Å². The molecule has 0 bridgehead atoms. The van der Waals surface area contributed by atoms with Crippen LogP contribution < -0.4 is 9.47 Å². The molecule has 9 aromatic rings. The molecule has 8 aromatic carbocycles. The van der Waals surface area contributed by atoms with E-state index in [1.54, 1.807) is 0 Å². The fourth-order valence-electron chi connectivity index (χ4n) is 8.33. The molecule has 0 N–H and O–H groups in total. The van der Waals surface area contributed by atoms with Gasteiger partial charge in [0.05, 0.1) is 0 Å². The van der Waals surface area contributed by atoms with Crippen LogP contribution in [0, 0.1) is 0 Å². The van der Waals surface area contributed by atoms with Gasteiger partial charge >= 0.3 is 0 Å². The molecule has 1 aliphatic heterocycles. The number of para-hydroxylation sites is 1. The molecule has 2 heterocycles. The van der Waals surface area contributed by atoms with Crippen LogP contribution in [-0.2, 0) is 5.41 Å². The maximum atomic E-state index is 6.71. The molecule has 0 saturated carbocycles. The Morgan fingerprint density at radius 1 is 0.382 bits per heavy atom. The van der Waals surface area contributed by atoms with Crippen LogP contribution in [0.3, 0.4) is 0 Å². The number of rotatable bonds is 4. The number of fused-ring (bicyclic) bond motifs is 8. The predicted octanol–water partition coefficient (Wildman–Crippen LogP) is 13.1. The van der Waals surface area contributed by atoms with E-state index in [1.807, 2.05) is 42.5 Å². The van der Waals surface area contributed by atoms with E-state index < -0.39 is 0 Å². The molecule has 1 aliphatic carbocycles. The first kappa shape index (κ1) is 31.4. The Balaban J connectivity index is 0.963. The Hall–Kier alpha value is -7.11. The van der Waals surface area contributed by atoms with Gasteiger partial charge in [-0.25, -0.2) is 15.0 Å². The minimum Gasteiger partial charge on any atom is -0.449 e. The molecule has 0 spiro atoms. The summed E-state index contributed by atoms with van der Waals surface area (Å²) < 4.78 is 13.3. The van der Waals surface area contributed by atoms with Gasteiger partial charge in [-0.05, 0) is 73.6 Å². The van der Waals surface area contributed by atoms with E-state index in [2.05, 4.69) is 135 Å². The zero-order valence-corrected chi connectivity index (χ0v) is 30.2. The minimum absolute atomic E-state index is 0.125. The van der Waals surface area contributed by atoms with E-state index in [-0.39, 0.29) is 5.41 Å². The molecule has 260 valence electrons. The highest BCUT2D eigenvalue weighted by molar-refractivity contribution is 6.08. The summed E-state index contributed by atoms with van der Waals surface area (Å²) in [4.78, 5) is 15.0. The van der Waals surface area contributed by atoms with E-state index in [4.69, 9.17) is 24.4 Å². The van der Waals surface area contributed by atoms with Gasteiger partial charge in [-0.1, -0.05) is 153 Å². The summed E-state index contributed by atoms with van der Waals surface area (Å²) in [5.41, 5.74) is 9.58. The van der Waals surface area contributed by atoms with E-state index in [9.17, 15) is 0 Å². The molecule has 55 heavy (non-hydrogen) atoms. The van der Waals surface area contributed by atoms with Crippen molar-refractivity contribution < 1.29 is 9.47 Å². The lowest BCUT2D eigenvalue weighted by Gasteiger charge is -2.26. The number of hydrogen-bond acceptors (Lipinski definition) is 5. The van der Waals surface area contributed by atoms with E-state index >= 15 is 0 Å². The van der Waals surface area contributed by atoms with Crippen molar-refractivity contribution in [2.45, 2.75) is 19.3 Å².